The molecule has 1 aliphatic rings. The Hall–Kier alpha value is -3.31. The summed E-state index contributed by atoms with van der Waals surface area (Å²) in [6.07, 6.45) is 0. The normalized spacial score (nSPS) is 16.0. The Balaban J connectivity index is 1.95. The molecule has 1 aliphatic heterocycles. The maximum atomic E-state index is 12.9. The molecular weight excluding hydrogens is 436 g/mol. The van der Waals surface area contributed by atoms with Crippen molar-refractivity contribution in [3.05, 3.63) is 58.1 Å². The minimum absolute atomic E-state index is 0.160. The van der Waals surface area contributed by atoms with Crippen LogP contribution in [0.4, 0.5) is 17.1 Å². The van der Waals surface area contributed by atoms with E-state index in [1.807, 2.05) is 6.92 Å². The topological polar surface area (TPSA) is 130 Å². The molecule has 170 valence electrons. The van der Waals surface area contributed by atoms with Gasteiger partial charge in [-0.3, -0.25) is 19.7 Å². The molecule has 0 spiro atoms. The van der Waals surface area contributed by atoms with Crippen LogP contribution in [0.2, 0.25) is 0 Å². The van der Waals surface area contributed by atoms with Gasteiger partial charge in [-0.15, -0.1) is 0 Å². The largest absolute Gasteiger partial charge is 0.313 e. The van der Waals surface area contributed by atoms with Crippen LogP contribution >= 0.6 is 0 Å². The minimum Gasteiger partial charge on any atom is -0.313 e. The predicted octanol–water partition coefficient (Wildman–Crippen LogP) is 2.43. The highest BCUT2D eigenvalue weighted by Crippen LogP contribution is 2.38. The molecule has 2 amide bonds. The van der Waals surface area contributed by atoms with E-state index >= 15 is 0 Å². The summed E-state index contributed by atoms with van der Waals surface area (Å²) in [5.74, 6) is -0.696. The number of carbonyl (C=O) groups is 2. The summed E-state index contributed by atoms with van der Waals surface area (Å²) in [5, 5.41) is 11.2. The van der Waals surface area contributed by atoms with Crippen LogP contribution in [0.15, 0.2) is 47.4 Å². The lowest BCUT2D eigenvalue weighted by Gasteiger charge is -2.27. The van der Waals surface area contributed by atoms with Crippen LogP contribution < -0.4 is 14.5 Å². The van der Waals surface area contributed by atoms with Gasteiger partial charge in [0.25, 0.3) is 5.69 Å². The summed E-state index contributed by atoms with van der Waals surface area (Å²) in [6, 6.07) is 10.0. The van der Waals surface area contributed by atoms with Crippen LogP contribution in [-0.4, -0.2) is 38.7 Å². The van der Waals surface area contributed by atoms with Gasteiger partial charge < -0.3 is 9.80 Å². The van der Waals surface area contributed by atoms with E-state index in [4.69, 9.17) is 0 Å². The Kier molecular flexibility index (Phi) is 6.07. The fourth-order valence-electron chi connectivity index (χ4n) is 3.65. The molecule has 32 heavy (non-hydrogen) atoms. The van der Waals surface area contributed by atoms with Crippen molar-refractivity contribution in [1.82, 2.24) is 4.72 Å². The Morgan fingerprint density at radius 1 is 1.06 bits per heavy atom. The summed E-state index contributed by atoms with van der Waals surface area (Å²) in [7, 11) is -2.60. The Bertz CT molecular complexity index is 1210. The van der Waals surface area contributed by atoms with E-state index in [0.717, 1.165) is 12.1 Å². The molecule has 11 heteroatoms. The van der Waals surface area contributed by atoms with E-state index in [1.165, 1.54) is 21.9 Å². The van der Waals surface area contributed by atoms with Gasteiger partial charge in [0, 0.05) is 26.2 Å². The molecule has 3 rings (SSSR count). The number of nitrogens with one attached hydrogen (secondary N) is 1. The first-order valence-corrected chi connectivity index (χ1v) is 11.4. The number of hydrogen-bond acceptors (Lipinski definition) is 6. The van der Waals surface area contributed by atoms with Gasteiger partial charge in [0.05, 0.1) is 16.3 Å². The number of rotatable bonds is 6. The van der Waals surface area contributed by atoms with Crippen LogP contribution in [0.25, 0.3) is 0 Å². The van der Waals surface area contributed by atoms with Crippen LogP contribution in [0.1, 0.15) is 26.3 Å². The van der Waals surface area contributed by atoms with Crippen LogP contribution in [0, 0.1) is 15.5 Å². The zero-order chi connectivity index (χ0) is 23.8. The number of nitro groups is 1. The van der Waals surface area contributed by atoms with Gasteiger partial charge in [-0.25, -0.2) is 13.1 Å². The second kappa shape index (κ2) is 8.32. The number of anilines is 2. The van der Waals surface area contributed by atoms with Gasteiger partial charge in [0.15, 0.2) is 4.90 Å². The maximum Gasteiger partial charge on any atom is 0.289 e. The molecule has 10 nitrogen and oxygen atoms in total. The number of nitro benzene ring substituents is 1. The average Bonchev–Trinajstić information content (AvgIpc) is 2.81. The van der Waals surface area contributed by atoms with Crippen molar-refractivity contribution < 1.29 is 22.9 Å². The molecule has 1 heterocycles. The van der Waals surface area contributed by atoms with Gasteiger partial charge in [0.1, 0.15) is 5.41 Å². The second-order valence-electron chi connectivity index (χ2n) is 7.91. The van der Waals surface area contributed by atoms with Gasteiger partial charge in [-0.1, -0.05) is 18.2 Å². The number of carbonyl (C=O) groups excluding carboxylic acids is 2. The predicted molar refractivity (Wildman–Crippen MR) is 119 cm³/mol. The van der Waals surface area contributed by atoms with E-state index in [-0.39, 0.29) is 18.4 Å². The molecule has 2 aromatic rings. The first-order valence-electron chi connectivity index (χ1n) is 9.88. The van der Waals surface area contributed by atoms with Gasteiger partial charge in [-0.05, 0) is 44.5 Å². The lowest BCUT2D eigenvalue weighted by atomic mass is 9.90. The number of amides is 2. The van der Waals surface area contributed by atoms with Crippen LogP contribution in [0.3, 0.4) is 0 Å². The summed E-state index contributed by atoms with van der Waals surface area (Å²) >= 11 is 0. The third-order valence-electron chi connectivity index (χ3n) is 5.45. The van der Waals surface area contributed by atoms with Crippen molar-refractivity contribution in [2.24, 2.45) is 5.41 Å². The highest BCUT2D eigenvalue weighted by Gasteiger charge is 2.45. The lowest BCUT2D eigenvalue weighted by Crippen LogP contribution is -2.47. The van der Waals surface area contributed by atoms with Crippen molar-refractivity contribution in [2.75, 3.05) is 23.4 Å². The van der Waals surface area contributed by atoms with E-state index in [2.05, 4.69) is 4.72 Å². The molecular formula is C21H24N4O6S. The number of para-hydroxylation sites is 1. The quantitative estimate of drug-likeness (QED) is 0.400. The summed E-state index contributed by atoms with van der Waals surface area (Å²) in [4.78, 5) is 38.8. The third kappa shape index (κ3) is 3.96. The van der Waals surface area contributed by atoms with Crippen molar-refractivity contribution in [3.63, 3.8) is 0 Å². The van der Waals surface area contributed by atoms with Crippen molar-refractivity contribution in [1.29, 1.82) is 0 Å². The molecule has 0 atom stereocenters. The lowest BCUT2D eigenvalue weighted by molar-refractivity contribution is -0.387. The van der Waals surface area contributed by atoms with E-state index in [1.54, 1.807) is 39.1 Å². The van der Waals surface area contributed by atoms with Gasteiger partial charge in [-0.2, -0.15) is 0 Å². The standard InChI is InChI=1S/C21H24N4O6S/c1-5-24-15-11-10-14(12-17(15)23(4)19(26)21(2,3)20(24)27)13-22-32(30,31)18-9-7-6-8-16(18)25(28)29/h6-12,22H,5,13H2,1-4H3. The number of benzene rings is 2. The number of nitrogens with zero attached hydrogens (tertiary/aromatic N) is 3. The molecule has 0 aromatic heterocycles. The average molecular weight is 461 g/mol. The summed E-state index contributed by atoms with van der Waals surface area (Å²) in [5.41, 5.74) is -0.236. The molecule has 0 aliphatic carbocycles. The van der Waals surface area contributed by atoms with Crippen molar-refractivity contribution in [2.45, 2.75) is 32.2 Å². The smallest absolute Gasteiger partial charge is 0.289 e. The van der Waals surface area contributed by atoms with Gasteiger partial charge >= 0.3 is 0 Å². The molecule has 2 aromatic carbocycles. The molecule has 0 saturated carbocycles. The highest BCUT2D eigenvalue weighted by atomic mass is 32.2. The Morgan fingerprint density at radius 2 is 1.72 bits per heavy atom. The molecule has 1 N–H and O–H groups in total. The van der Waals surface area contributed by atoms with Gasteiger partial charge in [0.2, 0.25) is 21.8 Å². The minimum atomic E-state index is -4.17. The second-order valence-corrected chi connectivity index (χ2v) is 9.65. The first kappa shape index (κ1) is 23.4. The molecule has 0 saturated heterocycles. The summed E-state index contributed by atoms with van der Waals surface area (Å²) < 4.78 is 27.7. The number of fused-ring (bicyclic) bond motifs is 1. The van der Waals surface area contributed by atoms with Crippen molar-refractivity contribution >= 4 is 38.9 Å². The monoisotopic (exact) mass is 460 g/mol. The van der Waals surface area contributed by atoms with Crippen LogP contribution in [0.5, 0.6) is 0 Å². The molecule has 0 radical (unpaired) electrons. The van der Waals surface area contributed by atoms with Crippen LogP contribution in [-0.2, 0) is 26.2 Å². The maximum absolute atomic E-state index is 12.9. The fourth-order valence-corrected chi connectivity index (χ4v) is 4.84. The molecule has 0 fully saturated rings. The zero-order valence-corrected chi connectivity index (χ0v) is 19.0. The molecule has 0 unspecified atom stereocenters. The molecule has 0 bridgehead atoms. The van der Waals surface area contributed by atoms with E-state index < -0.39 is 30.9 Å². The highest BCUT2D eigenvalue weighted by molar-refractivity contribution is 7.89. The third-order valence-corrected chi connectivity index (χ3v) is 6.89. The zero-order valence-electron chi connectivity index (χ0n) is 18.2. The number of sulfonamides is 1. The SMILES string of the molecule is CCN1C(=O)C(C)(C)C(=O)N(C)c2cc(CNS(=O)(=O)c3ccccc3[N+](=O)[O-])ccc21. The van der Waals surface area contributed by atoms with E-state index in [0.29, 0.717) is 23.5 Å². The van der Waals surface area contributed by atoms with E-state index in [9.17, 15) is 28.1 Å². The first-order chi connectivity index (χ1) is 14.9. The fraction of sp³-hybridized carbons (Fsp3) is 0.333. The summed E-state index contributed by atoms with van der Waals surface area (Å²) in [6.45, 7) is 5.16. The number of hydrogen-bond donors (Lipinski definition) is 1. The Labute approximate surface area is 186 Å². The van der Waals surface area contributed by atoms with Crippen molar-refractivity contribution in [3.8, 4) is 0 Å². The Morgan fingerprint density at radius 3 is 2.34 bits per heavy atom.